The van der Waals surface area contributed by atoms with E-state index in [9.17, 15) is 9.59 Å². The molecule has 4 N–H and O–H groups in total. The van der Waals surface area contributed by atoms with Crippen LogP contribution < -0.4 is 16.0 Å². The molecule has 2 atom stereocenters. The standard InChI is InChI=1S/C26H27ClN6O.C6H11NO/c1-28-17-11-9-16(10-12-17)25(34)31-18-5-4-6-19(13-18)32-26-30-15-22(27)24(33-26)21-14-29-23-8-3-2-7-20(21)23;1-7(2)5-3-4-6-8/h2-3,7-12,14-15,18-19,28-29H,4-6,13H2,1H3,(H,31,34)(H,30,32,33);3-4,6H,5H2,1-2H3/b;4-3+. The summed E-state index contributed by atoms with van der Waals surface area (Å²) in [5.41, 5.74) is 4.33. The number of likely N-dealkylation sites (N-methyl/N-ethyl adjacent to an activating group) is 1. The second kappa shape index (κ2) is 15.1. The van der Waals surface area contributed by atoms with Crippen LogP contribution in [0.5, 0.6) is 0 Å². The molecule has 4 aromatic rings. The molecule has 2 aromatic carbocycles. The van der Waals surface area contributed by atoms with Crippen molar-refractivity contribution in [3.63, 3.8) is 0 Å². The first-order valence-electron chi connectivity index (χ1n) is 14.1. The fourth-order valence-electron chi connectivity index (χ4n) is 4.91. The number of aldehydes is 1. The van der Waals surface area contributed by atoms with Crippen LogP contribution >= 0.6 is 11.6 Å². The van der Waals surface area contributed by atoms with Crippen LogP contribution in [-0.2, 0) is 4.79 Å². The molecule has 9 nitrogen and oxygen atoms in total. The lowest BCUT2D eigenvalue weighted by Crippen LogP contribution is -2.42. The molecule has 0 saturated heterocycles. The summed E-state index contributed by atoms with van der Waals surface area (Å²) in [4.78, 5) is 36.8. The highest BCUT2D eigenvalue weighted by molar-refractivity contribution is 6.33. The maximum atomic E-state index is 12.7. The minimum atomic E-state index is -0.0438. The Morgan fingerprint density at radius 3 is 2.62 bits per heavy atom. The summed E-state index contributed by atoms with van der Waals surface area (Å²) in [6.07, 6.45) is 11.5. The third-order valence-electron chi connectivity index (χ3n) is 7.05. The van der Waals surface area contributed by atoms with Gasteiger partial charge in [0.1, 0.15) is 6.29 Å². The first kappa shape index (κ1) is 30.7. The number of nitrogens with zero attached hydrogens (tertiary/aromatic N) is 3. The Morgan fingerprint density at radius 1 is 1.12 bits per heavy atom. The van der Waals surface area contributed by atoms with Crippen LogP contribution in [0.4, 0.5) is 11.6 Å². The van der Waals surface area contributed by atoms with Gasteiger partial charge in [-0.2, -0.15) is 0 Å². The number of H-pyrrole nitrogens is 1. The number of halogens is 1. The van der Waals surface area contributed by atoms with E-state index in [2.05, 4.69) is 25.9 Å². The number of para-hydroxylation sites is 1. The second-order valence-corrected chi connectivity index (χ2v) is 10.9. The lowest BCUT2D eigenvalue weighted by molar-refractivity contribution is -0.104. The molecule has 2 unspecified atom stereocenters. The number of anilines is 2. The molecule has 0 bridgehead atoms. The molecule has 0 radical (unpaired) electrons. The van der Waals surface area contributed by atoms with Crippen LogP contribution in [0.3, 0.4) is 0 Å². The van der Waals surface area contributed by atoms with Gasteiger partial charge in [-0.15, -0.1) is 0 Å². The Hall–Kier alpha value is -4.21. The maximum Gasteiger partial charge on any atom is 0.251 e. The summed E-state index contributed by atoms with van der Waals surface area (Å²) < 4.78 is 0. The van der Waals surface area contributed by atoms with Crippen molar-refractivity contribution in [1.82, 2.24) is 25.2 Å². The molecule has 2 heterocycles. The molecule has 220 valence electrons. The van der Waals surface area contributed by atoms with E-state index in [0.29, 0.717) is 22.2 Å². The molecule has 2 aromatic heterocycles. The number of allylic oxidation sites excluding steroid dienone is 1. The number of hydrogen-bond acceptors (Lipinski definition) is 7. The van der Waals surface area contributed by atoms with E-state index in [1.54, 1.807) is 6.20 Å². The summed E-state index contributed by atoms with van der Waals surface area (Å²) >= 11 is 6.47. The van der Waals surface area contributed by atoms with Crippen LogP contribution in [0.2, 0.25) is 5.02 Å². The van der Waals surface area contributed by atoms with Crippen molar-refractivity contribution in [2.24, 2.45) is 0 Å². The first-order chi connectivity index (χ1) is 20.4. The zero-order chi connectivity index (χ0) is 29.9. The molecule has 1 amide bonds. The molecular formula is C32H38ClN7O2. The van der Waals surface area contributed by atoms with Gasteiger partial charge >= 0.3 is 0 Å². The Bertz CT molecular complexity index is 1500. The van der Waals surface area contributed by atoms with Crippen LogP contribution in [0, 0.1) is 0 Å². The summed E-state index contributed by atoms with van der Waals surface area (Å²) in [7, 11) is 5.77. The fraction of sp³-hybridized carbons (Fsp3) is 0.312. The summed E-state index contributed by atoms with van der Waals surface area (Å²) in [6.45, 7) is 0.832. The van der Waals surface area contributed by atoms with Gasteiger partial charge in [-0.25, -0.2) is 9.97 Å². The Kier molecular flexibility index (Phi) is 11.1. The van der Waals surface area contributed by atoms with Gasteiger partial charge in [0.25, 0.3) is 5.91 Å². The van der Waals surface area contributed by atoms with Crippen molar-refractivity contribution in [1.29, 1.82) is 0 Å². The lowest BCUT2D eigenvalue weighted by Gasteiger charge is -2.30. The molecule has 1 aliphatic carbocycles. The SMILES string of the molecule is CN(C)C/C=C/C=O.CNc1ccc(C(=O)NC2CCCC(Nc3ncc(Cl)c(-c4c[nH]c5ccccc45)n3)C2)cc1. The van der Waals surface area contributed by atoms with E-state index in [1.165, 1.54) is 6.08 Å². The van der Waals surface area contributed by atoms with Crippen molar-refractivity contribution in [2.75, 3.05) is 38.3 Å². The average Bonchev–Trinajstić information content (AvgIpc) is 3.43. The van der Waals surface area contributed by atoms with Crippen LogP contribution in [-0.4, -0.2) is 71.8 Å². The van der Waals surface area contributed by atoms with E-state index in [1.807, 2.05) is 86.8 Å². The van der Waals surface area contributed by atoms with Crippen molar-refractivity contribution in [2.45, 2.75) is 37.8 Å². The van der Waals surface area contributed by atoms with E-state index in [0.717, 1.165) is 60.7 Å². The smallest absolute Gasteiger partial charge is 0.251 e. The largest absolute Gasteiger partial charge is 0.388 e. The third kappa shape index (κ3) is 8.41. The Balaban J connectivity index is 0.000000446. The number of aromatic nitrogens is 3. The Morgan fingerprint density at radius 2 is 1.88 bits per heavy atom. The average molecular weight is 588 g/mol. The topological polar surface area (TPSA) is 115 Å². The predicted molar refractivity (Wildman–Crippen MR) is 171 cm³/mol. The zero-order valence-electron chi connectivity index (χ0n) is 24.2. The van der Waals surface area contributed by atoms with E-state index < -0.39 is 0 Å². The van der Waals surface area contributed by atoms with E-state index in [4.69, 9.17) is 16.6 Å². The van der Waals surface area contributed by atoms with Gasteiger partial charge < -0.3 is 25.8 Å². The number of carbonyl (C=O) groups is 2. The number of aromatic amines is 1. The summed E-state index contributed by atoms with van der Waals surface area (Å²) in [5.74, 6) is 0.502. The van der Waals surface area contributed by atoms with Gasteiger partial charge in [-0.3, -0.25) is 9.59 Å². The molecular weight excluding hydrogens is 550 g/mol. The highest BCUT2D eigenvalue weighted by Gasteiger charge is 2.24. The zero-order valence-corrected chi connectivity index (χ0v) is 25.0. The molecule has 1 fully saturated rings. The van der Waals surface area contributed by atoms with Crippen molar-refractivity contribution < 1.29 is 9.59 Å². The van der Waals surface area contributed by atoms with Crippen LogP contribution in [0.25, 0.3) is 22.2 Å². The van der Waals surface area contributed by atoms with Crippen molar-refractivity contribution >= 4 is 46.3 Å². The second-order valence-electron chi connectivity index (χ2n) is 10.5. The van der Waals surface area contributed by atoms with E-state index in [-0.39, 0.29) is 18.0 Å². The lowest BCUT2D eigenvalue weighted by atomic mass is 9.91. The number of hydrogen-bond donors (Lipinski definition) is 4. The number of carbonyl (C=O) groups excluding carboxylic acids is 2. The van der Waals surface area contributed by atoms with Crippen molar-refractivity contribution in [3.05, 3.63) is 83.7 Å². The highest BCUT2D eigenvalue weighted by Crippen LogP contribution is 2.32. The Labute approximate surface area is 251 Å². The highest BCUT2D eigenvalue weighted by atomic mass is 35.5. The normalized spacial score (nSPS) is 16.6. The molecule has 1 aliphatic rings. The van der Waals surface area contributed by atoms with Gasteiger partial charge in [0.15, 0.2) is 0 Å². The molecule has 10 heteroatoms. The molecule has 0 aliphatic heterocycles. The van der Waals surface area contributed by atoms with Gasteiger partial charge in [-0.05, 0) is 76.2 Å². The maximum absolute atomic E-state index is 12.7. The van der Waals surface area contributed by atoms with Crippen LogP contribution in [0.1, 0.15) is 36.0 Å². The predicted octanol–water partition coefficient (Wildman–Crippen LogP) is 5.78. The summed E-state index contributed by atoms with van der Waals surface area (Å²) in [6, 6.07) is 15.8. The third-order valence-corrected chi connectivity index (χ3v) is 7.33. The first-order valence-corrected chi connectivity index (χ1v) is 14.4. The molecule has 0 spiro atoms. The quantitative estimate of drug-likeness (QED) is 0.145. The summed E-state index contributed by atoms with van der Waals surface area (Å²) in [5, 5.41) is 11.3. The number of nitrogens with one attached hydrogen (secondary N) is 4. The monoisotopic (exact) mass is 587 g/mol. The van der Waals surface area contributed by atoms with Gasteiger partial charge in [0.2, 0.25) is 5.95 Å². The number of amides is 1. The molecule has 1 saturated carbocycles. The number of fused-ring (bicyclic) bond motifs is 1. The fourth-order valence-corrected chi connectivity index (χ4v) is 5.10. The van der Waals surface area contributed by atoms with Gasteiger partial charge in [0, 0.05) is 59.6 Å². The van der Waals surface area contributed by atoms with Gasteiger partial charge in [-0.1, -0.05) is 35.9 Å². The van der Waals surface area contributed by atoms with Crippen LogP contribution in [0.15, 0.2) is 73.1 Å². The number of benzene rings is 2. The minimum Gasteiger partial charge on any atom is -0.388 e. The molecule has 42 heavy (non-hydrogen) atoms. The van der Waals surface area contributed by atoms with E-state index >= 15 is 0 Å². The van der Waals surface area contributed by atoms with Gasteiger partial charge in [0.05, 0.1) is 16.9 Å². The van der Waals surface area contributed by atoms with Crippen molar-refractivity contribution in [3.8, 4) is 11.3 Å². The minimum absolute atomic E-state index is 0.0438. The number of rotatable bonds is 9. The molecule has 5 rings (SSSR count).